The molecule has 7 heteroatoms. The van der Waals surface area contributed by atoms with E-state index in [0.29, 0.717) is 11.5 Å². The van der Waals surface area contributed by atoms with Gasteiger partial charge in [0.15, 0.2) is 11.5 Å². The van der Waals surface area contributed by atoms with Crippen LogP contribution in [0.3, 0.4) is 0 Å². The Morgan fingerprint density at radius 2 is 1.79 bits per heavy atom. The van der Waals surface area contributed by atoms with Crippen LogP contribution in [0.5, 0.6) is 11.5 Å². The lowest BCUT2D eigenvalue weighted by atomic mass is 10.2. The number of hydrogen-bond donors (Lipinski definition) is 0. The summed E-state index contributed by atoms with van der Waals surface area (Å²) in [6.07, 6.45) is 0. The Bertz CT molecular complexity index is 1130. The Labute approximate surface area is 171 Å². The zero-order chi connectivity index (χ0) is 19.5. The van der Waals surface area contributed by atoms with Crippen LogP contribution in [0.15, 0.2) is 52.9 Å². The number of nitrogens with zero attached hydrogens (tertiary/aromatic N) is 3. The molecule has 0 unspecified atom stereocenters. The Morgan fingerprint density at radius 3 is 2.61 bits per heavy atom. The second-order valence-corrected chi connectivity index (χ2v) is 7.92. The smallest absolute Gasteiger partial charge is 0.161 e. The zero-order valence-corrected chi connectivity index (χ0v) is 17.4. The van der Waals surface area contributed by atoms with Gasteiger partial charge in [-0.15, -0.1) is 11.3 Å². The summed E-state index contributed by atoms with van der Waals surface area (Å²) in [6, 6.07) is 14.0. The lowest BCUT2D eigenvalue weighted by Gasteiger charge is -2.08. The molecule has 0 aliphatic rings. The topological polar surface area (TPSA) is 57.1 Å². The van der Waals surface area contributed by atoms with E-state index in [4.69, 9.17) is 14.5 Å². The zero-order valence-electron chi connectivity index (χ0n) is 15.8. The normalized spacial score (nSPS) is 11.0. The fourth-order valence-corrected chi connectivity index (χ4v) is 4.77. The van der Waals surface area contributed by atoms with Gasteiger partial charge in [0.2, 0.25) is 0 Å². The van der Waals surface area contributed by atoms with Gasteiger partial charge in [-0.25, -0.2) is 15.0 Å². The number of thiazole rings is 1. The number of aromatic nitrogens is 3. The van der Waals surface area contributed by atoms with Crippen molar-refractivity contribution in [2.24, 2.45) is 0 Å². The Hall–Kier alpha value is -2.64. The quantitative estimate of drug-likeness (QED) is 0.315. The molecule has 0 saturated carbocycles. The highest BCUT2D eigenvalue weighted by Gasteiger charge is 2.11. The van der Waals surface area contributed by atoms with Crippen LogP contribution in [0.1, 0.15) is 11.5 Å². The van der Waals surface area contributed by atoms with E-state index in [-0.39, 0.29) is 0 Å². The van der Waals surface area contributed by atoms with Crippen molar-refractivity contribution < 1.29 is 9.47 Å². The first-order valence-corrected chi connectivity index (χ1v) is 10.6. The Kier molecular flexibility index (Phi) is 5.45. The minimum atomic E-state index is 0.703. The second-order valence-electron chi connectivity index (χ2n) is 6.10. The van der Waals surface area contributed by atoms with Crippen molar-refractivity contribution in [1.29, 1.82) is 0 Å². The molecule has 2 aromatic carbocycles. The summed E-state index contributed by atoms with van der Waals surface area (Å²) < 4.78 is 10.7. The molecule has 0 aliphatic heterocycles. The van der Waals surface area contributed by atoms with Gasteiger partial charge in [-0.2, -0.15) is 0 Å². The highest BCUT2D eigenvalue weighted by molar-refractivity contribution is 7.98. The summed E-state index contributed by atoms with van der Waals surface area (Å²) >= 11 is 3.31. The summed E-state index contributed by atoms with van der Waals surface area (Å²) in [5.41, 5.74) is 3.02. The molecule has 0 saturated heterocycles. The highest BCUT2D eigenvalue weighted by atomic mass is 32.2. The molecule has 0 bridgehead atoms. The molecule has 4 aromatic rings. The first-order valence-electron chi connectivity index (χ1n) is 8.71. The van der Waals surface area contributed by atoms with Crippen LogP contribution in [-0.2, 0) is 5.75 Å². The molecule has 5 nitrogen and oxygen atoms in total. The van der Waals surface area contributed by atoms with Crippen LogP contribution < -0.4 is 9.47 Å². The van der Waals surface area contributed by atoms with E-state index in [9.17, 15) is 0 Å². The first-order chi connectivity index (χ1) is 13.7. The Morgan fingerprint density at radius 1 is 0.964 bits per heavy atom. The number of ether oxygens (including phenoxy) is 2. The van der Waals surface area contributed by atoms with Crippen LogP contribution in [0, 0.1) is 6.92 Å². The maximum absolute atomic E-state index is 5.40. The average Bonchev–Trinajstić information content (AvgIpc) is 3.20. The van der Waals surface area contributed by atoms with Crippen LogP contribution in [0.25, 0.3) is 21.5 Å². The molecule has 0 spiro atoms. The van der Waals surface area contributed by atoms with Crippen molar-refractivity contribution in [2.75, 3.05) is 14.2 Å². The molecule has 0 N–H and O–H groups in total. The molecular weight excluding hydrogens is 390 g/mol. The van der Waals surface area contributed by atoms with E-state index in [2.05, 4.69) is 21.4 Å². The van der Waals surface area contributed by atoms with Crippen molar-refractivity contribution in [2.45, 2.75) is 17.7 Å². The fraction of sp³-hybridized carbons (Fsp3) is 0.190. The molecule has 0 atom stereocenters. The third kappa shape index (κ3) is 3.81. The van der Waals surface area contributed by atoms with E-state index in [1.807, 2.05) is 43.3 Å². The minimum Gasteiger partial charge on any atom is -0.493 e. The number of benzene rings is 2. The molecular formula is C21H19N3O2S2. The molecule has 0 fully saturated rings. The lowest BCUT2D eigenvalue weighted by molar-refractivity contribution is 0.355. The van der Waals surface area contributed by atoms with Gasteiger partial charge in [-0.3, -0.25) is 0 Å². The molecule has 4 rings (SSSR count). The van der Waals surface area contributed by atoms with Gasteiger partial charge in [0, 0.05) is 22.1 Å². The van der Waals surface area contributed by atoms with Gasteiger partial charge in [0.1, 0.15) is 15.9 Å². The minimum absolute atomic E-state index is 0.703. The Balaban J connectivity index is 1.55. The number of thioether (sulfide) groups is 1. The van der Waals surface area contributed by atoms with Gasteiger partial charge in [0.05, 0.1) is 25.4 Å². The molecule has 28 heavy (non-hydrogen) atoms. The van der Waals surface area contributed by atoms with Crippen LogP contribution in [0.2, 0.25) is 0 Å². The highest BCUT2D eigenvalue weighted by Crippen LogP contribution is 2.35. The van der Waals surface area contributed by atoms with Crippen molar-refractivity contribution in [1.82, 2.24) is 15.0 Å². The van der Waals surface area contributed by atoms with Gasteiger partial charge < -0.3 is 9.47 Å². The average molecular weight is 410 g/mol. The number of rotatable bonds is 6. The fourth-order valence-electron chi connectivity index (χ4n) is 2.89. The van der Waals surface area contributed by atoms with E-state index in [1.54, 1.807) is 37.3 Å². The summed E-state index contributed by atoms with van der Waals surface area (Å²) in [5, 5.41) is 5.12. The third-order valence-corrected chi connectivity index (χ3v) is 6.18. The molecule has 142 valence electrons. The maximum Gasteiger partial charge on any atom is 0.161 e. The molecule has 2 aromatic heterocycles. The molecule has 2 heterocycles. The first kappa shape index (κ1) is 18.7. The standard InChI is InChI=1S/C21H19N3O2S2/c1-13-22-17-7-5-4-6-16(17)21(23-13)28-12-15-11-27-20(24-15)14-8-9-18(25-2)19(10-14)26-3/h4-11H,12H2,1-3H3. The summed E-state index contributed by atoms with van der Waals surface area (Å²) in [4.78, 5) is 13.9. The van der Waals surface area contributed by atoms with E-state index in [0.717, 1.165) is 43.8 Å². The lowest BCUT2D eigenvalue weighted by Crippen LogP contribution is -1.93. The van der Waals surface area contributed by atoms with Gasteiger partial charge in [-0.05, 0) is 31.2 Å². The predicted molar refractivity (Wildman–Crippen MR) is 114 cm³/mol. The summed E-state index contributed by atoms with van der Waals surface area (Å²) in [7, 11) is 3.27. The number of fused-ring (bicyclic) bond motifs is 1. The number of para-hydroxylation sites is 1. The van der Waals surface area contributed by atoms with Crippen LogP contribution in [0.4, 0.5) is 0 Å². The number of hydrogen-bond acceptors (Lipinski definition) is 7. The second kappa shape index (κ2) is 8.16. The predicted octanol–water partition coefficient (Wildman–Crippen LogP) is 5.37. The monoisotopic (exact) mass is 409 g/mol. The largest absolute Gasteiger partial charge is 0.493 e. The van der Waals surface area contributed by atoms with E-state index >= 15 is 0 Å². The summed E-state index contributed by atoms with van der Waals surface area (Å²) in [6.45, 7) is 1.93. The summed E-state index contributed by atoms with van der Waals surface area (Å²) in [5.74, 6) is 2.95. The molecule has 0 radical (unpaired) electrons. The van der Waals surface area contributed by atoms with Crippen molar-refractivity contribution in [3.05, 3.63) is 59.4 Å². The van der Waals surface area contributed by atoms with Crippen molar-refractivity contribution in [3.8, 4) is 22.1 Å². The van der Waals surface area contributed by atoms with Crippen molar-refractivity contribution >= 4 is 34.0 Å². The maximum atomic E-state index is 5.40. The van der Waals surface area contributed by atoms with E-state index in [1.165, 1.54) is 0 Å². The number of aryl methyl sites for hydroxylation is 1. The third-order valence-electron chi connectivity index (χ3n) is 4.22. The van der Waals surface area contributed by atoms with Crippen LogP contribution in [-0.4, -0.2) is 29.2 Å². The van der Waals surface area contributed by atoms with Crippen molar-refractivity contribution in [3.63, 3.8) is 0 Å². The van der Waals surface area contributed by atoms with Crippen LogP contribution >= 0.6 is 23.1 Å². The van der Waals surface area contributed by atoms with Gasteiger partial charge in [0.25, 0.3) is 0 Å². The number of methoxy groups -OCH3 is 2. The van der Waals surface area contributed by atoms with Gasteiger partial charge >= 0.3 is 0 Å². The van der Waals surface area contributed by atoms with E-state index < -0.39 is 0 Å². The van der Waals surface area contributed by atoms with Gasteiger partial charge in [-0.1, -0.05) is 30.0 Å². The molecule has 0 aliphatic carbocycles. The SMILES string of the molecule is COc1ccc(-c2nc(CSc3nc(C)nc4ccccc34)cs2)cc1OC. The molecule has 0 amide bonds.